The topological polar surface area (TPSA) is 91.4 Å². The van der Waals surface area contributed by atoms with E-state index in [2.05, 4.69) is 15.6 Å². The molecular weight excluding hydrogens is 368 g/mol. The summed E-state index contributed by atoms with van der Waals surface area (Å²) in [6.45, 7) is 0.427. The first kappa shape index (κ1) is 18.8. The van der Waals surface area contributed by atoms with E-state index in [0.29, 0.717) is 17.1 Å². The van der Waals surface area contributed by atoms with Gasteiger partial charge in [0.15, 0.2) is 0 Å². The van der Waals surface area contributed by atoms with Crippen LogP contribution < -0.4 is 10.6 Å². The number of carbonyl (C=O) groups is 3. The molecule has 0 saturated carbocycles. The number of nitrogens with zero attached hydrogens (tertiary/aromatic N) is 2. The first-order valence-electron chi connectivity index (χ1n) is 8.56. The minimum Gasteiger partial charge on any atom is -0.350 e. The minimum absolute atomic E-state index is 0.104. The second-order valence-electron chi connectivity index (χ2n) is 6.15. The number of amides is 4. The second-order valence-corrected chi connectivity index (χ2v) is 6.56. The first-order valence-corrected chi connectivity index (χ1v) is 8.94. The van der Waals surface area contributed by atoms with Crippen molar-refractivity contribution < 1.29 is 14.4 Å². The van der Waals surface area contributed by atoms with Crippen molar-refractivity contribution in [3.05, 3.63) is 64.9 Å². The van der Waals surface area contributed by atoms with E-state index in [0.717, 1.165) is 10.6 Å². The van der Waals surface area contributed by atoms with E-state index < -0.39 is 12.1 Å². The Hall–Kier alpha value is -2.93. The predicted molar refractivity (Wildman–Crippen MR) is 99.6 cm³/mol. The Labute approximate surface area is 161 Å². The number of carbonyl (C=O) groups excluding carboxylic acids is 3. The molecule has 3 rings (SSSR count). The summed E-state index contributed by atoms with van der Waals surface area (Å²) in [6, 6.07) is 11.3. The van der Waals surface area contributed by atoms with Crippen LogP contribution in [-0.2, 0) is 22.7 Å². The number of halogens is 1. The van der Waals surface area contributed by atoms with Crippen LogP contribution in [0.4, 0.5) is 4.79 Å². The molecule has 1 aromatic heterocycles. The predicted octanol–water partition coefficient (Wildman–Crippen LogP) is 2.25. The average Bonchev–Trinajstić information content (AvgIpc) is 2.94. The Morgan fingerprint density at radius 3 is 2.70 bits per heavy atom. The third kappa shape index (κ3) is 4.83. The van der Waals surface area contributed by atoms with Crippen LogP contribution in [0.3, 0.4) is 0 Å². The van der Waals surface area contributed by atoms with Crippen molar-refractivity contribution >= 4 is 29.4 Å². The number of benzene rings is 1. The fraction of sp³-hybridized carbons (Fsp3) is 0.263. The lowest BCUT2D eigenvalue weighted by molar-refractivity contribution is -0.128. The van der Waals surface area contributed by atoms with Gasteiger partial charge in [-0.05, 0) is 30.2 Å². The highest BCUT2D eigenvalue weighted by Crippen LogP contribution is 2.20. The van der Waals surface area contributed by atoms with Crippen LogP contribution in [0.1, 0.15) is 24.1 Å². The molecule has 8 heteroatoms. The van der Waals surface area contributed by atoms with Crippen LogP contribution in [0.25, 0.3) is 0 Å². The quantitative estimate of drug-likeness (QED) is 0.714. The number of rotatable bonds is 7. The lowest BCUT2D eigenvalue weighted by Crippen LogP contribution is -2.32. The van der Waals surface area contributed by atoms with Gasteiger partial charge in [0, 0.05) is 17.6 Å². The fourth-order valence-corrected chi connectivity index (χ4v) is 2.97. The number of urea groups is 1. The van der Waals surface area contributed by atoms with Crippen LogP contribution >= 0.6 is 11.6 Å². The molecule has 0 bridgehead atoms. The summed E-state index contributed by atoms with van der Waals surface area (Å²) in [5.41, 5.74) is 1.44. The van der Waals surface area contributed by atoms with Crippen LogP contribution in [0.5, 0.6) is 0 Å². The normalized spacial score (nSPS) is 16.3. The molecule has 1 aliphatic rings. The number of hydrogen-bond acceptors (Lipinski definition) is 4. The van der Waals surface area contributed by atoms with Crippen molar-refractivity contribution in [1.29, 1.82) is 0 Å². The van der Waals surface area contributed by atoms with Gasteiger partial charge in [0.1, 0.15) is 6.04 Å². The number of hydrogen-bond donors (Lipinski definition) is 2. The van der Waals surface area contributed by atoms with Gasteiger partial charge < -0.3 is 10.6 Å². The Balaban J connectivity index is 1.49. The lowest BCUT2D eigenvalue weighted by Gasteiger charge is -2.14. The van der Waals surface area contributed by atoms with E-state index in [1.807, 2.05) is 12.1 Å². The molecule has 1 fully saturated rings. The zero-order valence-corrected chi connectivity index (χ0v) is 15.3. The van der Waals surface area contributed by atoms with Gasteiger partial charge in [0.05, 0.1) is 18.8 Å². The van der Waals surface area contributed by atoms with E-state index >= 15 is 0 Å². The van der Waals surface area contributed by atoms with Crippen LogP contribution in [0.15, 0.2) is 48.7 Å². The van der Waals surface area contributed by atoms with E-state index in [-0.39, 0.29) is 31.2 Å². The fourth-order valence-electron chi connectivity index (χ4n) is 2.77. The Bertz CT molecular complexity index is 844. The molecule has 2 heterocycles. The molecule has 1 saturated heterocycles. The minimum atomic E-state index is -0.708. The number of pyridine rings is 1. The summed E-state index contributed by atoms with van der Waals surface area (Å²) in [5.74, 6) is -0.551. The Morgan fingerprint density at radius 2 is 1.96 bits per heavy atom. The van der Waals surface area contributed by atoms with Gasteiger partial charge in [-0.3, -0.25) is 19.5 Å². The van der Waals surface area contributed by atoms with Crippen molar-refractivity contribution in [3.63, 3.8) is 0 Å². The molecule has 1 aliphatic heterocycles. The monoisotopic (exact) mass is 386 g/mol. The molecule has 27 heavy (non-hydrogen) atoms. The van der Waals surface area contributed by atoms with E-state index in [4.69, 9.17) is 11.6 Å². The zero-order chi connectivity index (χ0) is 19.2. The smallest absolute Gasteiger partial charge is 0.325 e. The lowest BCUT2D eigenvalue weighted by atomic mass is 10.1. The molecule has 0 aliphatic carbocycles. The maximum atomic E-state index is 12.5. The summed E-state index contributed by atoms with van der Waals surface area (Å²) >= 11 is 6.09. The SMILES string of the molecule is O=C(CC[C@@H]1NC(=O)N(Cc2ccccc2Cl)C1=O)NCc1ccccn1. The highest BCUT2D eigenvalue weighted by Gasteiger charge is 2.38. The first-order chi connectivity index (χ1) is 13.0. The van der Waals surface area contributed by atoms with Crippen molar-refractivity contribution in [2.45, 2.75) is 32.0 Å². The molecule has 7 nitrogen and oxygen atoms in total. The summed E-state index contributed by atoms with van der Waals surface area (Å²) < 4.78 is 0. The molecule has 2 aromatic rings. The summed E-state index contributed by atoms with van der Waals surface area (Å²) in [6.07, 6.45) is 2.02. The van der Waals surface area contributed by atoms with Gasteiger partial charge in [-0.25, -0.2) is 4.79 Å². The van der Waals surface area contributed by atoms with Crippen LogP contribution in [-0.4, -0.2) is 33.8 Å². The number of nitrogens with one attached hydrogen (secondary N) is 2. The van der Waals surface area contributed by atoms with Gasteiger partial charge in [-0.1, -0.05) is 35.9 Å². The maximum absolute atomic E-state index is 12.5. The van der Waals surface area contributed by atoms with E-state index in [1.165, 1.54) is 0 Å². The van der Waals surface area contributed by atoms with E-state index in [9.17, 15) is 14.4 Å². The zero-order valence-electron chi connectivity index (χ0n) is 14.5. The van der Waals surface area contributed by atoms with Gasteiger partial charge >= 0.3 is 6.03 Å². The molecule has 0 spiro atoms. The van der Waals surface area contributed by atoms with Crippen molar-refractivity contribution in [2.24, 2.45) is 0 Å². The molecule has 0 radical (unpaired) electrons. The highest BCUT2D eigenvalue weighted by molar-refractivity contribution is 6.31. The molecular formula is C19H19ClN4O3. The van der Waals surface area contributed by atoms with Gasteiger partial charge in [-0.2, -0.15) is 0 Å². The summed E-state index contributed by atoms with van der Waals surface area (Å²) in [7, 11) is 0. The largest absolute Gasteiger partial charge is 0.350 e. The maximum Gasteiger partial charge on any atom is 0.325 e. The number of aromatic nitrogens is 1. The van der Waals surface area contributed by atoms with Crippen molar-refractivity contribution in [2.75, 3.05) is 0 Å². The third-order valence-corrected chi connectivity index (χ3v) is 4.61. The van der Waals surface area contributed by atoms with Gasteiger partial charge in [0.25, 0.3) is 5.91 Å². The van der Waals surface area contributed by atoms with Crippen LogP contribution in [0.2, 0.25) is 5.02 Å². The van der Waals surface area contributed by atoms with Gasteiger partial charge in [-0.15, -0.1) is 0 Å². The molecule has 1 aromatic carbocycles. The second kappa shape index (κ2) is 8.64. The Morgan fingerprint density at radius 1 is 1.19 bits per heavy atom. The number of imide groups is 1. The molecule has 4 amide bonds. The van der Waals surface area contributed by atoms with Gasteiger partial charge in [0.2, 0.25) is 5.91 Å². The molecule has 2 N–H and O–H groups in total. The Kier molecular flexibility index (Phi) is 6.03. The van der Waals surface area contributed by atoms with Crippen molar-refractivity contribution in [3.8, 4) is 0 Å². The third-order valence-electron chi connectivity index (χ3n) is 4.25. The molecule has 1 atom stereocenters. The molecule has 140 valence electrons. The standard InChI is InChI=1S/C19H19ClN4O3/c20-15-7-2-1-5-13(15)12-24-18(26)16(23-19(24)27)8-9-17(25)22-11-14-6-3-4-10-21-14/h1-7,10,16H,8-9,11-12H2,(H,22,25)(H,23,27)/t16-/m0/s1. The van der Waals surface area contributed by atoms with E-state index in [1.54, 1.807) is 36.5 Å². The average molecular weight is 387 g/mol. The molecule has 0 unspecified atom stereocenters. The highest BCUT2D eigenvalue weighted by atomic mass is 35.5. The summed E-state index contributed by atoms with van der Waals surface area (Å²) in [4.78, 5) is 41.8. The van der Waals surface area contributed by atoms with Crippen LogP contribution in [0, 0.1) is 0 Å². The summed E-state index contributed by atoms with van der Waals surface area (Å²) in [5, 5.41) is 5.87. The van der Waals surface area contributed by atoms with Crippen molar-refractivity contribution in [1.82, 2.24) is 20.5 Å².